The van der Waals surface area contributed by atoms with Gasteiger partial charge in [-0.25, -0.2) is 9.46 Å². The number of carbonyl (C=O) groups is 4. The van der Waals surface area contributed by atoms with Crippen LogP contribution in [0.4, 0.5) is 0 Å². The molecule has 0 saturated carbocycles. The Bertz CT molecular complexity index is 1690. The third-order valence-corrected chi connectivity index (χ3v) is 12.1. The lowest BCUT2D eigenvalue weighted by atomic mass is 9.98. The van der Waals surface area contributed by atoms with Crippen molar-refractivity contribution in [1.82, 2.24) is 14.2 Å². The van der Waals surface area contributed by atoms with Crippen LogP contribution in [0.2, 0.25) is 0 Å². The molecule has 0 aromatic carbocycles. The number of hydrogen-bond acceptors (Lipinski definition) is 18. The Kier molecular flexibility index (Phi) is 16.9. The van der Waals surface area contributed by atoms with Crippen LogP contribution in [0.5, 0.6) is 0 Å². The lowest BCUT2D eigenvalue weighted by Gasteiger charge is -2.46. The van der Waals surface area contributed by atoms with Crippen LogP contribution in [0.3, 0.4) is 0 Å². The zero-order chi connectivity index (χ0) is 42.1. The first-order valence-electron chi connectivity index (χ1n) is 18.0. The largest absolute Gasteiger partial charge is 0.463 e. The number of ether oxygens (including phenoxy) is 8. The first kappa shape index (κ1) is 46.8. The summed E-state index contributed by atoms with van der Waals surface area (Å²) in [7, 11) is -4.46. The zero-order valence-corrected chi connectivity index (χ0v) is 33.9. The molecule has 3 heterocycles. The van der Waals surface area contributed by atoms with E-state index in [0.29, 0.717) is 0 Å². The Balaban J connectivity index is 1.84. The standard InChI is InChI=1S/C34H54N3O18P/c1-18(2)37(19(3)4)56(46,34(14-25(43)26(16-38)55-34)36-15-20(5)31(44)35-33(36)45)50-13-11-47-10-12-48-32-30(53-24(9)42)29(52-23(8)41)28(51-22(7)40)27(54-32)17-49-21(6)39/h15,18-19,25-30,32,38,43H,10-14,16-17H2,1-9H3,(H,35,44,45)/t25-,26+,27+,28+,29-,30+,32+,34-,56?/m0/s1. The molecule has 1 unspecified atom stereocenters. The fourth-order valence-electron chi connectivity index (χ4n) is 6.65. The molecule has 3 N–H and O–H groups in total. The van der Waals surface area contributed by atoms with Gasteiger partial charge in [0.25, 0.3) is 5.56 Å². The van der Waals surface area contributed by atoms with Gasteiger partial charge in [-0.2, -0.15) is 0 Å². The normalized spacial score (nSPS) is 27.6. The van der Waals surface area contributed by atoms with Crippen molar-refractivity contribution in [2.24, 2.45) is 0 Å². The number of hydrogen-bond donors (Lipinski definition) is 3. The highest BCUT2D eigenvalue weighted by Crippen LogP contribution is 2.69. The van der Waals surface area contributed by atoms with Crippen LogP contribution in [0.15, 0.2) is 15.8 Å². The van der Waals surface area contributed by atoms with E-state index >= 15 is 4.57 Å². The molecule has 1 aromatic heterocycles. The Labute approximate surface area is 323 Å². The number of nitrogens with one attached hydrogen (secondary N) is 1. The Morgan fingerprint density at radius 3 is 2.02 bits per heavy atom. The van der Waals surface area contributed by atoms with Crippen molar-refractivity contribution in [3.8, 4) is 0 Å². The summed E-state index contributed by atoms with van der Waals surface area (Å²) in [6.45, 7) is 10.8. The molecular formula is C34H54N3O18P. The van der Waals surface area contributed by atoms with Crippen LogP contribution in [0, 0.1) is 6.92 Å². The summed E-state index contributed by atoms with van der Waals surface area (Å²) in [5, 5.41) is 21.0. The zero-order valence-electron chi connectivity index (χ0n) is 33.0. The summed E-state index contributed by atoms with van der Waals surface area (Å²) in [6.07, 6.45) is -8.79. The highest BCUT2D eigenvalue weighted by atomic mass is 31.2. The molecule has 0 bridgehead atoms. The molecule has 1 aromatic rings. The van der Waals surface area contributed by atoms with Crippen molar-refractivity contribution in [2.45, 2.75) is 129 Å². The molecule has 22 heteroatoms. The SMILES string of the molecule is CC(=O)OC[C@H]1O[C@@H](OCCOCCOP(=O)(N(C(C)C)C(C)C)[C@]2(n3cc(C)c(=O)[nH]c3=O)C[C@H](O)[C@@H](CO)O2)[C@H](OC(C)=O)[C@@H](OC(C)=O)[C@@H]1OC(C)=O. The molecule has 3 rings (SSSR count). The van der Waals surface area contributed by atoms with E-state index in [0.717, 1.165) is 32.3 Å². The Morgan fingerprint density at radius 1 is 0.911 bits per heavy atom. The van der Waals surface area contributed by atoms with E-state index in [9.17, 15) is 39.0 Å². The van der Waals surface area contributed by atoms with E-state index in [1.807, 2.05) is 0 Å². The third kappa shape index (κ3) is 11.1. The molecule has 56 heavy (non-hydrogen) atoms. The first-order chi connectivity index (χ1) is 26.2. The van der Waals surface area contributed by atoms with Crippen LogP contribution >= 0.6 is 7.52 Å². The van der Waals surface area contributed by atoms with E-state index in [1.165, 1.54) is 17.8 Å². The Morgan fingerprint density at radius 2 is 1.48 bits per heavy atom. The van der Waals surface area contributed by atoms with Crippen molar-refractivity contribution >= 4 is 31.4 Å². The van der Waals surface area contributed by atoms with Gasteiger partial charge < -0.3 is 52.6 Å². The molecule has 0 aliphatic carbocycles. The Hall–Kier alpha value is -3.53. The number of esters is 4. The average molecular weight is 824 g/mol. The van der Waals surface area contributed by atoms with Crippen molar-refractivity contribution in [3.05, 3.63) is 32.6 Å². The van der Waals surface area contributed by atoms with E-state index in [4.69, 9.17) is 42.4 Å². The van der Waals surface area contributed by atoms with Crippen LogP contribution in [-0.2, 0) is 71.6 Å². The second-order valence-electron chi connectivity index (χ2n) is 13.8. The van der Waals surface area contributed by atoms with Crippen LogP contribution in [-0.4, -0.2) is 143 Å². The molecule has 0 spiro atoms. The summed E-state index contributed by atoms with van der Waals surface area (Å²) in [5.74, 6) is -3.08. The number of aromatic amines is 1. The van der Waals surface area contributed by atoms with Gasteiger partial charge in [-0.15, -0.1) is 0 Å². The molecule has 2 saturated heterocycles. The average Bonchev–Trinajstić information content (AvgIpc) is 3.43. The summed E-state index contributed by atoms with van der Waals surface area (Å²) in [6, 6.07) is -0.941. The minimum Gasteiger partial charge on any atom is -0.463 e. The van der Waals surface area contributed by atoms with Gasteiger partial charge in [0.15, 0.2) is 24.6 Å². The quantitative estimate of drug-likeness (QED) is 0.0720. The van der Waals surface area contributed by atoms with E-state index in [2.05, 4.69) is 4.98 Å². The number of nitrogens with zero attached hydrogens (tertiary/aromatic N) is 2. The number of aliphatic hydroxyl groups excluding tert-OH is 2. The van der Waals surface area contributed by atoms with E-state index < -0.39 is 123 Å². The molecule has 2 aliphatic rings. The summed E-state index contributed by atoms with van der Waals surface area (Å²) >= 11 is 0. The molecule has 2 fully saturated rings. The van der Waals surface area contributed by atoms with Crippen molar-refractivity contribution in [2.75, 3.05) is 39.6 Å². The minimum absolute atomic E-state index is 0.0849. The fraction of sp³-hybridized carbons (Fsp3) is 0.765. The van der Waals surface area contributed by atoms with E-state index in [-0.39, 0.29) is 32.0 Å². The number of aromatic nitrogens is 2. The molecule has 0 amide bonds. The maximum atomic E-state index is 15.5. The summed E-state index contributed by atoms with van der Waals surface area (Å²) in [4.78, 5) is 75.6. The molecular weight excluding hydrogens is 769 g/mol. The predicted octanol–water partition coefficient (Wildman–Crippen LogP) is 0.0422. The van der Waals surface area contributed by atoms with Crippen LogP contribution < -0.4 is 11.2 Å². The van der Waals surface area contributed by atoms with Gasteiger partial charge in [-0.1, -0.05) is 0 Å². The molecule has 0 radical (unpaired) electrons. The maximum Gasteiger partial charge on any atom is 0.331 e. The lowest BCUT2D eigenvalue weighted by Crippen LogP contribution is -2.63. The highest BCUT2D eigenvalue weighted by molar-refractivity contribution is 7.57. The smallest absolute Gasteiger partial charge is 0.331 e. The predicted molar refractivity (Wildman–Crippen MR) is 191 cm³/mol. The third-order valence-electron chi connectivity index (χ3n) is 8.68. The summed E-state index contributed by atoms with van der Waals surface area (Å²) in [5.41, 5.74) is -3.77. The number of aliphatic hydroxyl groups is 2. The fourth-order valence-corrected chi connectivity index (χ4v) is 9.99. The van der Waals surface area contributed by atoms with Gasteiger partial charge in [0.05, 0.1) is 39.1 Å². The number of aryl methyl sites for hydroxylation is 1. The van der Waals surface area contributed by atoms with Crippen molar-refractivity contribution < 1.29 is 76.4 Å². The second kappa shape index (κ2) is 20.2. The maximum absolute atomic E-state index is 15.5. The lowest BCUT2D eigenvalue weighted by molar-refractivity contribution is -0.309. The van der Waals surface area contributed by atoms with Gasteiger partial charge in [0.1, 0.15) is 18.8 Å². The number of H-pyrrole nitrogens is 1. The van der Waals surface area contributed by atoms with E-state index in [1.54, 1.807) is 27.7 Å². The topological polar surface area (TPSA) is 267 Å². The van der Waals surface area contributed by atoms with Gasteiger partial charge in [-0.05, 0) is 34.6 Å². The number of rotatable bonds is 19. The van der Waals surface area contributed by atoms with Crippen LogP contribution in [0.25, 0.3) is 0 Å². The molecule has 2 aliphatic heterocycles. The number of carbonyl (C=O) groups excluding carboxylic acids is 4. The molecule has 21 nitrogen and oxygen atoms in total. The van der Waals surface area contributed by atoms with Gasteiger partial charge in [0.2, 0.25) is 5.47 Å². The van der Waals surface area contributed by atoms with Crippen molar-refractivity contribution in [1.29, 1.82) is 0 Å². The minimum atomic E-state index is -4.46. The highest BCUT2D eigenvalue weighted by Gasteiger charge is 2.64. The van der Waals surface area contributed by atoms with Crippen molar-refractivity contribution in [3.63, 3.8) is 0 Å². The summed E-state index contributed by atoms with van der Waals surface area (Å²) < 4.78 is 68.9. The molecule has 318 valence electrons. The monoisotopic (exact) mass is 823 g/mol. The first-order valence-corrected chi connectivity index (χ1v) is 19.6. The van der Waals surface area contributed by atoms with Gasteiger partial charge in [0, 0.05) is 58.0 Å². The second-order valence-corrected chi connectivity index (χ2v) is 16.2. The molecule has 9 atom stereocenters. The van der Waals surface area contributed by atoms with Crippen LogP contribution in [0.1, 0.15) is 67.4 Å². The van der Waals surface area contributed by atoms with Gasteiger partial charge >= 0.3 is 37.1 Å². The van der Waals surface area contributed by atoms with Gasteiger partial charge in [-0.3, -0.25) is 38.1 Å².